The molecule has 7 heteroatoms. The van der Waals surface area contributed by atoms with E-state index in [1.807, 2.05) is 30.3 Å². The molecule has 1 aliphatic heterocycles. The van der Waals surface area contributed by atoms with E-state index in [4.69, 9.17) is 4.74 Å². The summed E-state index contributed by atoms with van der Waals surface area (Å²) in [5, 5.41) is 1.22. The van der Waals surface area contributed by atoms with Gasteiger partial charge in [-0.2, -0.15) is 4.31 Å². The first-order chi connectivity index (χ1) is 10.5. The molecule has 2 rings (SSSR count). The molecule has 0 N–H and O–H groups in total. The van der Waals surface area contributed by atoms with Crippen LogP contribution >= 0.6 is 0 Å². The largest absolute Gasteiger partial charge is 0.375 e. The van der Waals surface area contributed by atoms with Crippen LogP contribution in [0.15, 0.2) is 35.7 Å². The summed E-state index contributed by atoms with van der Waals surface area (Å²) in [6.07, 6.45) is 1.58. The van der Waals surface area contributed by atoms with Gasteiger partial charge in [0.25, 0.3) is 0 Å². The fourth-order valence-electron chi connectivity index (χ4n) is 2.22. The molecule has 0 spiro atoms. The van der Waals surface area contributed by atoms with Gasteiger partial charge in [0.1, 0.15) is 6.61 Å². The first-order valence-electron chi connectivity index (χ1n) is 7.03. The first-order valence-corrected chi connectivity index (χ1v) is 8.53. The number of nitrogens with zero attached hydrogens (tertiary/aromatic N) is 2. The van der Waals surface area contributed by atoms with Gasteiger partial charge in [-0.15, -0.1) is 0 Å². The van der Waals surface area contributed by atoms with Crippen molar-refractivity contribution in [2.45, 2.75) is 0 Å². The third kappa shape index (κ3) is 4.40. The molecule has 1 saturated heterocycles. The predicted molar refractivity (Wildman–Crippen MR) is 84.4 cm³/mol. The van der Waals surface area contributed by atoms with Crippen molar-refractivity contribution >= 4 is 22.0 Å². The lowest BCUT2D eigenvalue weighted by atomic mass is 10.2. The molecular formula is C15H20N2O4S. The summed E-state index contributed by atoms with van der Waals surface area (Å²) in [5.74, 6) is -0.112. The van der Waals surface area contributed by atoms with E-state index in [9.17, 15) is 13.2 Å². The van der Waals surface area contributed by atoms with E-state index < -0.39 is 10.0 Å². The Bertz CT molecular complexity index is 620. The Balaban J connectivity index is 1.95. The Hall–Kier alpha value is -1.70. The van der Waals surface area contributed by atoms with Gasteiger partial charge in [-0.25, -0.2) is 8.42 Å². The molecule has 1 aliphatic rings. The maximum atomic E-state index is 12.3. The predicted octanol–water partition coefficient (Wildman–Crippen LogP) is 0.778. The number of carbonyl (C=O) groups excluding carboxylic acids is 1. The average Bonchev–Trinajstić information content (AvgIpc) is 2.54. The van der Waals surface area contributed by atoms with Crippen molar-refractivity contribution in [2.75, 3.05) is 39.9 Å². The fraction of sp³-hybridized carbons (Fsp3) is 0.400. The van der Waals surface area contributed by atoms with Crippen LogP contribution in [-0.2, 0) is 19.6 Å². The van der Waals surface area contributed by atoms with Crippen molar-refractivity contribution in [3.63, 3.8) is 0 Å². The second kappa shape index (κ2) is 7.53. The highest BCUT2D eigenvalue weighted by Crippen LogP contribution is 2.11. The van der Waals surface area contributed by atoms with E-state index in [0.717, 1.165) is 5.56 Å². The third-order valence-electron chi connectivity index (χ3n) is 3.45. The maximum absolute atomic E-state index is 12.3. The Morgan fingerprint density at radius 3 is 2.41 bits per heavy atom. The molecule has 0 radical (unpaired) electrons. The first kappa shape index (κ1) is 16.7. The van der Waals surface area contributed by atoms with E-state index in [1.54, 1.807) is 11.0 Å². The van der Waals surface area contributed by atoms with Gasteiger partial charge in [0.15, 0.2) is 0 Å². The van der Waals surface area contributed by atoms with Gasteiger partial charge in [-0.1, -0.05) is 30.3 Å². The monoisotopic (exact) mass is 324 g/mol. The maximum Gasteiger partial charge on any atom is 0.248 e. The highest BCUT2D eigenvalue weighted by atomic mass is 32.2. The third-order valence-corrected chi connectivity index (χ3v) is 5.02. The number of carbonyl (C=O) groups is 1. The van der Waals surface area contributed by atoms with Crippen molar-refractivity contribution < 1.29 is 17.9 Å². The van der Waals surface area contributed by atoms with Crippen molar-refractivity contribution in [1.82, 2.24) is 9.21 Å². The van der Waals surface area contributed by atoms with Crippen LogP contribution in [-0.4, -0.2) is 63.4 Å². The number of ether oxygens (including phenoxy) is 1. The number of rotatable bonds is 5. The van der Waals surface area contributed by atoms with Gasteiger partial charge in [0, 0.05) is 38.7 Å². The van der Waals surface area contributed by atoms with E-state index in [1.165, 1.54) is 16.8 Å². The van der Waals surface area contributed by atoms with Gasteiger partial charge in [-0.3, -0.25) is 4.79 Å². The SMILES string of the molecule is COCC(=O)N1CCN(S(=O)(=O)C=Cc2ccccc2)CC1. The lowest BCUT2D eigenvalue weighted by molar-refractivity contribution is -0.136. The summed E-state index contributed by atoms with van der Waals surface area (Å²) in [6.45, 7) is 1.41. The number of methoxy groups -OCH3 is 1. The molecule has 0 unspecified atom stereocenters. The lowest BCUT2D eigenvalue weighted by Gasteiger charge is -2.33. The second-order valence-electron chi connectivity index (χ2n) is 4.97. The van der Waals surface area contributed by atoms with Crippen molar-refractivity contribution in [2.24, 2.45) is 0 Å². The van der Waals surface area contributed by atoms with E-state index in [2.05, 4.69) is 0 Å². The Kier molecular flexibility index (Phi) is 5.70. The van der Waals surface area contributed by atoms with E-state index >= 15 is 0 Å². The molecule has 1 aromatic rings. The van der Waals surface area contributed by atoms with Crippen LogP contribution in [0.3, 0.4) is 0 Å². The van der Waals surface area contributed by atoms with Gasteiger partial charge in [0.05, 0.1) is 0 Å². The number of hydrogen-bond donors (Lipinski definition) is 0. The van der Waals surface area contributed by atoms with E-state index in [-0.39, 0.29) is 12.5 Å². The molecule has 1 heterocycles. The molecule has 0 atom stereocenters. The van der Waals surface area contributed by atoms with Crippen molar-refractivity contribution in [3.05, 3.63) is 41.3 Å². The summed E-state index contributed by atoms with van der Waals surface area (Å²) in [7, 11) is -1.99. The molecule has 1 aromatic carbocycles. The minimum Gasteiger partial charge on any atom is -0.375 e. The van der Waals surface area contributed by atoms with Gasteiger partial charge in [-0.05, 0) is 11.6 Å². The molecule has 0 saturated carbocycles. The van der Waals surface area contributed by atoms with Gasteiger partial charge >= 0.3 is 0 Å². The summed E-state index contributed by atoms with van der Waals surface area (Å²) < 4.78 is 30.7. The zero-order valence-electron chi connectivity index (χ0n) is 12.5. The topological polar surface area (TPSA) is 66.9 Å². The molecule has 0 bridgehead atoms. The van der Waals surface area contributed by atoms with Crippen molar-refractivity contribution in [1.29, 1.82) is 0 Å². The second-order valence-corrected chi connectivity index (χ2v) is 6.79. The summed E-state index contributed by atoms with van der Waals surface area (Å²) in [6, 6.07) is 9.27. The number of hydrogen-bond acceptors (Lipinski definition) is 4. The van der Waals surface area contributed by atoms with Crippen LogP contribution in [0.5, 0.6) is 0 Å². The zero-order chi connectivity index (χ0) is 16.0. The minimum atomic E-state index is -3.46. The summed E-state index contributed by atoms with van der Waals surface area (Å²) >= 11 is 0. The highest BCUT2D eigenvalue weighted by Gasteiger charge is 2.27. The number of benzene rings is 1. The number of amides is 1. The minimum absolute atomic E-state index is 0.0284. The van der Waals surface area contributed by atoms with Crippen LogP contribution < -0.4 is 0 Å². The lowest BCUT2D eigenvalue weighted by Crippen LogP contribution is -2.50. The molecule has 1 fully saturated rings. The number of sulfonamides is 1. The van der Waals surface area contributed by atoms with Gasteiger partial charge in [0.2, 0.25) is 15.9 Å². The molecular weight excluding hydrogens is 304 g/mol. The van der Waals surface area contributed by atoms with Crippen LogP contribution in [0.25, 0.3) is 6.08 Å². The zero-order valence-corrected chi connectivity index (χ0v) is 13.3. The van der Waals surface area contributed by atoms with E-state index in [0.29, 0.717) is 26.2 Å². The Labute approximate surface area is 131 Å². The van der Waals surface area contributed by atoms with Crippen LogP contribution in [0.4, 0.5) is 0 Å². The van der Waals surface area contributed by atoms with Crippen LogP contribution in [0.2, 0.25) is 0 Å². The quantitative estimate of drug-likeness (QED) is 0.803. The molecule has 1 amide bonds. The normalized spacial score (nSPS) is 17.0. The molecule has 22 heavy (non-hydrogen) atoms. The van der Waals surface area contributed by atoms with Crippen molar-refractivity contribution in [3.8, 4) is 0 Å². The molecule has 0 aromatic heterocycles. The van der Waals surface area contributed by atoms with Crippen LogP contribution in [0, 0.1) is 0 Å². The summed E-state index contributed by atoms with van der Waals surface area (Å²) in [4.78, 5) is 13.3. The van der Waals surface area contributed by atoms with Crippen LogP contribution in [0.1, 0.15) is 5.56 Å². The van der Waals surface area contributed by atoms with Gasteiger partial charge < -0.3 is 9.64 Å². The smallest absolute Gasteiger partial charge is 0.248 e. The summed E-state index contributed by atoms with van der Waals surface area (Å²) in [5.41, 5.74) is 0.833. The molecule has 6 nitrogen and oxygen atoms in total. The molecule has 0 aliphatic carbocycles. The molecule has 120 valence electrons. The standard InChI is InChI=1S/C15H20N2O4S/c1-21-13-15(18)16-8-10-17(11-9-16)22(19,20)12-7-14-5-3-2-4-6-14/h2-7,12H,8-11,13H2,1H3. The Morgan fingerprint density at radius 2 is 1.82 bits per heavy atom. The number of piperazine rings is 1. The Morgan fingerprint density at radius 1 is 1.18 bits per heavy atom. The fourth-order valence-corrected chi connectivity index (χ4v) is 3.40. The average molecular weight is 324 g/mol. The highest BCUT2D eigenvalue weighted by molar-refractivity contribution is 7.92.